The van der Waals surface area contributed by atoms with Gasteiger partial charge in [0.05, 0.1) is 12.3 Å². The van der Waals surface area contributed by atoms with Crippen molar-refractivity contribution in [2.75, 3.05) is 38.7 Å². The van der Waals surface area contributed by atoms with Crippen LogP contribution in [0, 0.1) is 17.8 Å². The summed E-state index contributed by atoms with van der Waals surface area (Å²) in [5, 5.41) is 3.55. The number of unbranched alkanes of at least 4 members (excludes halogenated alkanes) is 1. The zero-order chi connectivity index (χ0) is 27.5. The van der Waals surface area contributed by atoms with E-state index in [0.717, 1.165) is 66.4 Å². The van der Waals surface area contributed by atoms with Gasteiger partial charge in [-0.25, -0.2) is 0 Å². The van der Waals surface area contributed by atoms with Gasteiger partial charge >= 0.3 is 0 Å². The average Bonchev–Trinajstić information content (AvgIpc) is 3.06. The van der Waals surface area contributed by atoms with Crippen LogP contribution < -0.4 is 15.0 Å². The predicted octanol–water partition coefficient (Wildman–Crippen LogP) is 8.17. The monoisotopic (exact) mass is 540 g/mol. The minimum atomic E-state index is 0.269. The van der Waals surface area contributed by atoms with Gasteiger partial charge in [0.1, 0.15) is 12.0 Å². The van der Waals surface area contributed by atoms with Crippen molar-refractivity contribution in [2.45, 2.75) is 78.1 Å². The lowest BCUT2D eigenvalue weighted by Crippen LogP contribution is -2.40. The van der Waals surface area contributed by atoms with Crippen LogP contribution >= 0.6 is 11.6 Å². The molecular formula is C33H49ClN2O2. The Morgan fingerprint density at radius 2 is 1.87 bits per heavy atom. The van der Waals surface area contributed by atoms with Crippen molar-refractivity contribution in [1.82, 2.24) is 5.32 Å². The van der Waals surface area contributed by atoms with Gasteiger partial charge in [-0.05, 0) is 92.6 Å². The highest BCUT2D eigenvalue weighted by atomic mass is 35.5. The third-order valence-corrected chi connectivity index (χ3v) is 8.28. The van der Waals surface area contributed by atoms with Crippen LogP contribution in [0.1, 0.15) is 93.1 Å². The van der Waals surface area contributed by atoms with E-state index in [1.165, 1.54) is 49.7 Å². The average molecular weight is 541 g/mol. The Kier molecular flexibility index (Phi) is 12.5. The molecule has 0 bridgehead atoms. The lowest BCUT2D eigenvalue weighted by atomic mass is 9.70. The molecule has 210 valence electrons. The van der Waals surface area contributed by atoms with Crippen LogP contribution in [0.5, 0.6) is 5.75 Å². The van der Waals surface area contributed by atoms with Gasteiger partial charge in [-0.15, -0.1) is 0 Å². The van der Waals surface area contributed by atoms with E-state index in [-0.39, 0.29) is 5.92 Å². The first-order valence-electron chi connectivity index (χ1n) is 14.7. The molecule has 4 nitrogen and oxygen atoms in total. The highest BCUT2D eigenvalue weighted by Crippen LogP contribution is 2.42. The molecule has 2 aliphatic rings. The Labute approximate surface area is 236 Å². The van der Waals surface area contributed by atoms with Crippen molar-refractivity contribution < 1.29 is 9.53 Å². The fourth-order valence-corrected chi connectivity index (χ4v) is 6.10. The summed E-state index contributed by atoms with van der Waals surface area (Å²) in [4.78, 5) is 14.1. The zero-order valence-electron chi connectivity index (χ0n) is 24.3. The van der Waals surface area contributed by atoms with Crippen LogP contribution in [-0.2, 0) is 6.42 Å². The van der Waals surface area contributed by atoms with E-state index in [4.69, 9.17) is 16.3 Å². The molecule has 3 unspecified atom stereocenters. The first kappa shape index (κ1) is 30.5. The predicted molar refractivity (Wildman–Crippen MR) is 162 cm³/mol. The Bertz CT molecular complexity index is 1010. The molecule has 1 heterocycles. The number of nitrogens with zero attached hydrogens (tertiary/aromatic N) is 1. The maximum Gasteiger partial charge on any atom is 0.150 e. The Balaban J connectivity index is 0.00000127. The van der Waals surface area contributed by atoms with Crippen LogP contribution in [0.15, 0.2) is 36.4 Å². The molecular weight excluding hydrogens is 492 g/mol. The fourth-order valence-electron chi connectivity index (χ4n) is 5.90. The molecule has 0 amide bonds. The molecule has 1 aliphatic heterocycles. The summed E-state index contributed by atoms with van der Waals surface area (Å²) >= 11 is 6.36. The smallest absolute Gasteiger partial charge is 0.150 e. The summed E-state index contributed by atoms with van der Waals surface area (Å²) in [7, 11) is 3.75. The van der Waals surface area contributed by atoms with Gasteiger partial charge in [-0.1, -0.05) is 70.5 Å². The molecule has 1 saturated carbocycles. The first-order valence-corrected chi connectivity index (χ1v) is 15.1. The van der Waals surface area contributed by atoms with E-state index < -0.39 is 0 Å². The van der Waals surface area contributed by atoms with Gasteiger partial charge in [0.25, 0.3) is 0 Å². The lowest BCUT2D eigenvalue weighted by Gasteiger charge is -2.41. The molecule has 0 spiro atoms. The standard InChI is InChI=1S/C31H42ClNO2.C2H7N/c1-4-7-25-17-28(32)13-14-29(25)27-19-33(30-16-23(20-34)10-15-31(30)35-21-27)18-26-12-11-24(26)9-6-5-8-22(2)3;1-3-2/h10,13-17,20,22,24,26-27H,4-9,11-12,18-19,21H2,1-3H3;3H,1-2H3. The maximum atomic E-state index is 11.6. The van der Waals surface area contributed by atoms with Gasteiger partial charge < -0.3 is 15.0 Å². The van der Waals surface area contributed by atoms with Gasteiger partial charge in [-0.3, -0.25) is 4.79 Å². The van der Waals surface area contributed by atoms with Crippen molar-refractivity contribution in [3.8, 4) is 5.75 Å². The Morgan fingerprint density at radius 1 is 1.11 bits per heavy atom. The third-order valence-electron chi connectivity index (χ3n) is 8.04. The number of ether oxygens (including phenoxy) is 1. The van der Waals surface area contributed by atoms with E-state index >= 15 is 0 Å². The first-order chi connectivity index (χ1) is 18.4. The van der Waals surface area contributed by atoms with Crippen LogP contribution in [0.3, 0.4) is 0 Å². The highest BCUT2D eigenvalue weighted by Gasteiger charge is 2.34. The van der Waals surface area contributed by atoms with Crippen molar-refractivity contribution in [3.63, 3.8) is 0 Å². The second kappa shape index (κ2) is 15.5. The highest BCUT2D eigenvalue weighted by molar-refractivity contribution is 6.30. The number of aldehydes is 1. The van der Waals surface area contributed by atoms with Gasteiger partial charge in [0.15, 0.2) is 0 Å². The Hall–Kier alpha value is -2.04. The molecule has 4 rings (SSSR count). The second-order valence-corrected chi connectivity index (χ2v) is 12.1. The van der Waals surface area contributed by atoms with E-state index in [0.29, 0.717) is 12.2 Å². The quantitative estimate of drug-likeness (QED) is 0.230. The number of carbonyl (C=O) groups excluding carboxylic acids is 1. The third kappa shape index (κ3) is 8.48. The van der Waals surface area contributed by atoms with Crippen molar-refractivity contribution in [1.29, 1.82) is 0 Å². The molecule has 2 aromatic rings. The Morgan fingerprint density at radius 3 is 2.53 bits per heavy atom. The lowest BCUT2D eigenvalue weighted by molar-refractivity contribution is 0.112. The number of rotatable bonds is 11. The minimum absolute atomic E-state index is 0.269. The molecule has 1 N–H and O–H groups in total. The summed E-state index contributed by atoms with van der Waals surface area (Å²) in [5.74, 6) is 3.52. The van der Waals surface area contributed by atoms with E-state index in [1.54, 1.807) is 0 Å². The van der Waals surface area contributed by atoms with Crippen LogP contribution in [-0.4, -0.2) is 40.1 Å². The number of carbonyl (C=O) groups is 1. The summed E-state index contributed by atoms with van der Waals surface area (Å²) in [6.07, 6.45) is 11.1. The molecule has 1 aliphatic carbocycles. The van der Waals surface area contributed by atoms with Crippen molar-refractivity contribution >= 4 is 23.6 Å². The SMILES string of the molecule is CCCc1cc(Cl)ccc1C1COc2ccc(C=O)cc2N(CC2CCC2CCCCC(C)C)C1.CNC. The summed E-state index contributed by atoms with van der Waals surface area (Å²) in [5.41, 5.74) is 4.48. The summed E-state index contributed by atoms with van der Waals surface area (Å²) < 4.78 is 6.38. The molecule has 0 radical (unpaired) electrons. The number of nitrogens with one attached hydrogen (secondary N) is 1. The van der Waals surface area contributed by atoms with Gasteiger partial charge in [0.2, 0.25) is 0 Å². The number of hydrogen-bond acceptors (Lipinski definition) is 4. The molecule has 2 aromatic carbocycles. The van der Waals surface area contributed by atoms with Crippen molar-refractivity contribution in [2.24, 2.45) is 17.8 Å². The second-order valence-electron chi connectivity index (χ2n) is 11.6. The number of fused-ring (bicyclic) bond motifs is 1. The van der Waals surface area contributed by atoms with E-state index in [9.17, 15) is 4.79 Å². The number of anilines is 1. The van der Waals surface area contributed by atoms with Crippen LogP contribution in [0.25, 0.3) is 0 Å². The molecule has 38 heavy (non-hydrogen) atoms. The van der Waals surface area contributed by atoms with Gasteiger partial charge in [-0.2, -0.15) is 0 Å². The maximum absolute atomic E-state index is 11.6. The molecule has 0 aromatic heterocycles. The number of hydrogen-bond donors (Lipinski definition) is 1. The number of aryl methyl sites for hydroxylation is 1. The summed E-state index contributed by atoms with van der Waals surface area (Å²) in [6.45, 7) is 9.45. The fraction of sp³-hybridized carbons (Fsp3) is 0.606. The van der Waals surface area contributed by atoms with Crippen molar-refractivity contribution in [3.05, 3.63) is 58.1 Å². The van der Waals surface area contributed by atoms with Gasteiger partial charge in [0, 0.05) is 29.6 Å². The number of benzene rings is 2. The largest absolute Gasteiger partial charge is 0.491 e. The minimum Gasteiger partial charge on any atom is -0.491 e. The normalized spacial score (nSPS) is 20.5. The van der Waals surface area contributed by atoms with E-state index in [1.807, 2.05) is 38.4 Å². The zero-order valence-corrected chi connectivity index (χ0v) is 25.0. The molecule has 5 heteroatoms. The topological polar surface area (TPSA) is 41.6 Å². The summed E-state index contributed by atoms with van der Waals surface area (Å²) in [6, 6.07) is 12.2. The van der Waals surface area contributed by atoms with Crippen LogP contribution in [0.4, 0.5) is 5.69 Å². The number of halogens is 1. The van der Waals surface area contributed by atoms with Crippen LogP contribution in [0.2, 0.25) is 5.02 Å². The molecule has 1 fully saturated rings. The molecule has 3 atom stereocenters. The van der Waals surface area contributed by atoms with E-state index in [2.05, 4.69) is 43.1 Å². The molecule has 0 saturated heterocycles.